The van der Waals surface area contributed by atoms with Crippen molar-refractivity contribution in [3.63, 3.8) is 0 Å². The summed E-state index contributed by atoms with van der Waals surface area (Å²) in [6.45, 7) is 7.52. The third-order valence-corrected chi connectivity index (χ3v) is 5.14. The average Bonchev–Trinajstić information content (AvgIpc) is 3.03. The van der Waals surface area contributed by atoms with Crippen molar-refractivity contribution in [3.8, 4) is 11.4 Å². The second-order valence-corrected chi connectivity index (χ2v) is 7.01. The molecule has 7 nitrogen and oxygen atoms in total. The maximum Gasteiger partial charge on any atom is 0.255 e. The molecule has 0 unspecified atom stereocenters. The molecule has 140 valence electrons. The number of nitrogens with one attached hydrogen (secondary N) is 1. The Balaban J connectivity index is 1.54. The van der Waals surface area contributed by atoms with Crippen molar-refractivity contribution in [2.75, 3.05) is 6.54 Å². The first-order valence-corrected chi connectivity index (χ1v) is 9.41. The van der Waals surface area contributed by atoms with Gasteiger partial charge >= 0.3 is 0 Å². The van der Waals surface area contributed by atoms with Gasteiger partial charge in [-0.05, 0) is 25.5 Å². The van der Waals surface area contributed by atoms with Crippen LogP contribution in [-0.2, 0) is 26.1 Å². The van der Waals surface area contributed by atoms with E-state index in [1.807, 2.05) is 18.3 Å². The maximum absolute atomic E-state index is 12.7. The van der Waals surface area contributed by atoms with Gasteiger partial charge in [0.05, 0.1) is 17.5 Å². The summed E-state index contributed by atoms with van der Waals surface area (Å²) in [4.78, 5) is 26.6. The maximum atomic E-state index is 12.7. The molecule has 1 aliphatic heterocycles. The number of pyridine rings is 1. The summed E-state index contributed by atoms with van der Waals surface area (Å²) in [7, 11) is 0. The quantitative estimate of drug-likeness (QED) is 0.751. The van der Waals surface area contributed by atoms with Crippen LogP contribution in [-0.4, -0.2) is 36.2 Å². The Labute approximate surface area is 158 Å². The van der Waals surface area contributed by atoms with Crippen molar-refractivity contribution in [1.82, 2.24) is 29.6 Å². The van der Waals surface area contributed by atoms with Crippen LogP contribution in [0.3, 0.4) is 0 Å². The molecule has 1 aliphatic rings. The molecule has 1 N–H and O–H groups in total. The molecule has 0 fully saturated rings. The van der Waals surface area contributed by atoms with Gasteiger partial charge in [-0.15, -0.1) is 0 Å². The predicted molar refractivity (Wildman–Crippen MR) is 103 cm³/mol. The lowest BCUT2D eigenvalue weighted by Crippen LogP contribution is -2.35. The zero-order valence-electron chi connectivity index (χ0n) is 15.8. The minimum atomic E-state index is -0.0464. The zero-order chi connectivity index (χ0) is 18.8. The van der Waals surface area contributed by atoms with Crippen LogP contribution in [0.2, 0.25) is 0 Å². The third kappa shape index (κ3) is 3.55. The number of aromatic nitrogens is 5. The number of hydrogen-bond acceptors (Lipinski definition) is 5. The summed E-state index contributed by atoms with van der Waals surface area (Å²) in [5.41, 5.74) is 4.95. The Kier molecular flexibility index (Phi) is 4.85. The first kappa shape index (κ1) is 17.6. The number of fused-ring (bicyclic) bond motifs is 1. The van der Waals surface area contributed by atoms with E-state index in [4.69, 9.17) is 4.98 Å². The van der Waals surface area contributed by atoms with Gasteiger partial charge in [0.15, 0.2) is 0 Å². The van der Waals surface area contributed by atoms with Crippen molar-refractivity contribution in [2.24, 2.45) is 0 Å². The number of H-pyrrole nitrogens is 1. The summed E-state index contributed by atoms with van der Waals surface area (Å²) < 4.78 is 2.06. The van der Waals surface area contributed by atoms with Gasteiger partial charge in [-0.1, -0.05) is 6.92 Å². The molecule has 0 aliphatic carbocycles. The molecule has 0 radical (unpaired) electrons. The van der Waals surface area contributed by atoms with Crippen molar-refractivity contribution in [2.45, 2.75) is 46.3 Å². The highest BCUT2D eigenvalue weighted by Crippen LogP contribution is 2.20. The smallest absolute Gasteiger partial charge is 0.255 e. The number of hydrogen-bond donors (Lipinski definition) is 1. The van der Waals surface area contributed by atoms with Crippen molar-refractivity contribution < 1.29 is 0 Å². The fourth-order valence-corrected chi connectivity index (χ4v) is 3.58. The SMILES string of the molecule is CCCn1ncc(CN2CCc3nc(-c4ccncc4)[nH]c(=O)c3C2)c1C. The van der Waals surface area contributed by atoms with Crippen LogP contribution >= 0.6 is 0 Å². The zero-order valence-corrected chi connectivity index (χ0v) is 15.8. The van der Waals surface area contributed by atoms with Crippen LogP contribution < -0.4 is 5.56 Å². The van der Waals surface area contributed by atoms with Gasteiger partial charge in [0.1, 0.15) is 5.82 Å². The molecule has 0 saturated heterocycles. The highest BCUT2D eigenvalue weighted by Gasteiger charge is 2.22. The van der Waals surface area contributed by atoms with Crippen LogP contribution in [0, 0.1) is 6.92 Å². The highest BCUT2D eigenvalue weighted by molar-refractivity contribution is 5.54. The fraction of sp³-hybridized carbons (Fsp3) is 0.400. The molecule has 3 aromatic heterocycles. The largest absolute Gasteiger partial charge is 0.306 e. The average molecular weight is 364 g/mol. The normalized spacial score (nSPS) is 14.3. The van der Waals surface area contributed by atoms with E-state index in [9.17, 15) is 4.79 Å². The highest BCUT2D eigenvalue weighted by atomic mass is 16.1. The van der Waals surface area contributed by atoms with E-state index in [0.717, 1.165) is 49.3 Å². The monoisotopic (exact) mass is 364 g/mol. The number of aromatic amines is 1. The molecule has 7 heteroatoms. The lowest BCUT2D eigenvalue weighted by atomic mass is 10.1. The minimum Gasteiger partial charge on any atom is -0.306 e. The third-order valence-electron chi connectivity index (χ3n) is 5.14. The summed E-state index contributed by atoms with van der Waals surface area (Å²) in [5.74, 6) is 0.617. The van der Waals surface area contributed by atoms with Gasteiger partial charge in [-0.2, -0.15) is 5.10 Å². The summed E-state index contributed by atoms with van der Waals surface area (Å²) in [6, 6.07) is 3.72. The molecule has 0 bridgehead atoms. The first-order chi connectivity index (χ1) is 13.2. The second kappa shape index (κ2) is 7.44. The predicted octanol–water partition coefficient (Wildman–Crippen LogP) is 2.31. The Hall–Kier alpha value is -2.80. The van der Waals surface area contributed by atoms with Crippen molar-refractivity contribution in [3.05, 3.63) is 63.6 Å². The number of nitrogens with zero attached hydrogens (tertiary/aromatic N) is 5. The molecule has 4 rings (SSSR count). The lowest BCUT2D eigenvalue weighted by Gasteiger charge is -2.27. The Bertz CT molecular complexity index is 991. The molecule has 0 aromatic carbocycles. The van der Waals surface area contributed by atoms with Crippen molar-refractivity contribution >= 4 is 0 Å². The van der Waals surface area contributed by atoms with E-state index in [2.05, 4.69) is 38.5 Å². The van der Waals surface area contributed by atoms with Crippen LogP contribution in [0.25, 0.3) is 11.4 Å². The van der Waals surface area contributed by atoms with Gasteiger partial charge in [0.25, 0.3) is 5.56 Å². The Morgan fingerprint density at radius 1 is 1.26 bits per heavy atom. The first-order valence-electron chi connectivity index (χ1n) is 9.41. The fourth-order valence-electron chi connectivity index (χ4n) is 3.58. The van der Waals surface area contributed by atoms with Gasteiger partial charge in [0, 0.05) is 61.8 Å². The topological polar surface area (TPSA) is 79.7 Å². The molecule has 0 atom stereocenters. The summed E-state index contributed by atoms with van der Waals surface area (Å²) in [6.07, 6.45) is 7.21. The molecule has 3 aromatic rings. The molecular formula is C20H24N6O. The van der Waals surface area contributed by atoms with Crippen LogP contribution in [0.1, 0.15) is 35.9 Å². The van der Waals surface area contributed by atoms with Gasteiger partial charge in [-0.3, -0.25) is 19.4 Å². The molecular weight excluding hydrogens is 340 g/mol. The van der Waals surface area contributed by atoms with Crippen LogP contribution in [0.4, 0.5) is 0 Å². The lowest BCUT2D eigenvalue weighted by molar-refractivity contribution is 0.241. The van der Waals surface area contributed by atoms with Gasteiger partial charge < -0.3 is 4.98 Å². The Morgan fingerprint density at radius 3 is 2.85 bits per heavy atom. The van der Waals surface area contributed by atoms with E-state index < -0.39 is 0 Å². The molecule has 4 heterocycles. The number of rotatable bonds is 5. The van der Waals surface area contributed by atoms with E-state index in [-0.39, 0.29) is 5.56 Å². The molecule has 0 amide bonds. The standard InChI is InChI=1S/C20H24N6O/c1-3-9-26-14(2)16(11-22-26)12-25-10-6-18-17(13-25)20(27)24-19(23-18)15-4-7-21-8-5-15/h4-5,7-8,11H,3,6,9-10,12-13H2,1-2H3,(H,23,24,27). The summed E-state index contributed by atoms with van der Waals surface area (Å²) in [5, 5.41) is 4.48. The second-order valence-electron chi connectivity index (χ2n) is 7.01. The molecule has 0 saturated carbocycles. The minimum absolute atomic E-state index is 0.0464. The summed E-state index contributed by atoms with van der Waals surface area (Å²) >= 11 is 0. The van der Waals surface area contributed by atoms with Crippen LogP contribution in [0.5, 0.6) is 0 Å². The van der Waals surface area contributed by atoms with E-state index >= 15 is 0 Å². The molecule has 27 heavy (non-hydrogen) atoms. The van der Waals surface area contributed by atoms with E-state index in [1.54, 1.807) is 12.4 Å². The van der Waals surface area contributed by atoms with Gasteiger partial charge in [0.2, 0.25) is 0 Å². The number of aryl methyl sites for hydroxylation is 1. The van der Waals surface area contributed by atoms with E-state index in [0.29, 0.717) is 12.4 Å². The van der Waals surface area contributed by atoms with Crippen LogP contribution in [0.15, 0.2) is 35.5 Å². The van der Waals surface area contributed by atoms with E-state index in [1.165, 1.54) is 11.3 Å². The molecule has 0 spiro atoms. The van der Waals surface area contributed by atoms with Crippen molar-refractivity contribution in [1.29, 1.82) is 0 Å². The van der Waals surface area contributed by atoms with Gasteiger partial charge in [-0.25, -0.2) is 4.98 Å². The Morgan fingerprint density at radius 2 is 2.07 bits per heavy atom.